The van der Waals surface area contributed by atoms with Crippen LogP contribution in [-0.4, -0.2) is 42.8 Å². The summed E-state index contributed by atoms with van der Waals surface area (Å²) in [6.07, 6.45) is 6.67. The largest absolute Gasteiger partial charge is 0.381 e. The molecule has 1 aromatic heterocycles. The lowest BCUT2D eigenvalue weighted by Crippen LogP contribution is -2.45. The van der Waals surface area contributed by atoms with E-state index in [9.17, 15) is 18.0 Å². The molecule has 4 aliphatic rings. The molecule has 10 heteroatoms. The van der Waals surface area contributed by atoms with Crippen LogP contribution in [0.25, 0.3) is 0 Å². The fourth-order valence-electron chi connectivity index (χ4n) is 5.30. The first-order valence-corrected chi connectivity index (χ1v) is 14.7. The topological polar surface area (TPSA) is 97.6 Å². The van der Waals surface area contributed by atoms with Gasteiger partial charge < -0.3 is 5.32 Å². The first-order chi connectivity index (χ1) is 16.6. The lowest BCUT2D eigenvalue weighted by atomic mass is 9.66. The Kier molecular flexibility index (Phi) is 5.32. The highest BCUT2D eigenvalue weighted by Crippen LogP contribution is 2.50. The molecule has 2 aliphatic heterocycles. The highest BCUT2D eigenvalue weighted by molar-refractivity contribution is 14.1. The van der Waals surface area contributed by atoms with Gasteiger partial charge in [-0.2, -0.15) is 0 Å². The second-order valence-corrected chi connectivity index (χ2v) is 13.2. The second-order valence-electron chi connectivity index (χ2n) is 9.08. The van der Waals surface area contributed by atoms with Gasteiger partial charge in [0, 0.05) is 35.8 Å². The molecule has 0 saturated carbocycles. The smallest absolute Gasteiger partial charge is 0.268 e. The molecule has 1 spiro atoms. The van der Waals surface area contributed by atoms with E-state index in [1.807, 2.05) is 19.1 Å². The number of nitrogens with one attached hydrogen (secondary N) is 1. The van der Waals surface area contributed by atoms with Crippen molar-refractivity contribution < 1.29 is 18.0 Å². The molecule has 1 N–H and O–H groups in total. The average molecular weight is 711 g/mol. The van der Waals surface area contributed by atoms with Crippen molar-refractivity contribution in [2.75, 3.05) is 13.1 Å². The predicted octanol–water partition coefficient (Wildman–Crippen LogP) is 4.03. The van der Waals surface area contributed by atoms with Gasteiger partial charge in [-0.25, -0.2) is 12.4 Å². The van der Waals surface area contributed by atoms with E-state index in [1.54, 1.807) is 30.5 Å². The van der Waals surface area contributed by atoms with Crippen LogP contribution in [0.5, 0.6) is 0 Å². The number of allylic oxidation sites excluding steroid dienone is 6. The minimum absolute atomic E-state index is 0.0260. The quantitative estimate of drug-likeness (QED) is 0.475. The first kappa shape index (κ1) is 23.3. The van der Waals surface area contributed by atoms with Gasteiger partial charge in [0.15, 0.2) is 0 Å². The third-order valence-electron chi connectivity index (χ3n) is 6.95. The van der Waals surface area contributed by atoms with Crippen LogP contribution < -0.4 is 5.32 Å². The summed E-state index contributed by atoms with van der Waals surface area (Å²) >= 11 is 4.11. The molecule has 0 saturated heterocycles. The van der Waals surface area contributed by atoms with Crippen LogP contribution >= 0.6 is 45.2 Å². The molecule has 0 bridgehead atoms. The van der Waals surface area contributed by atoms with E-state index in [4.69, 9.17) is 4.99 Å². The Hall–Kier alpha value is -2.06. The summed E-state index contributed by atoms with van der Waals surface area (Å²) < 4.78 is 29.7. The Morgan fingerprint density at radius 3 is 2.43 bits per heavy atom. The van der Waals surface area contributed by atoms with Crippen LogP contribution in [0.2, 0.25) is 0 Å². The predicted molar refractivity (Wildman–Crippen MR) is 149 cm³/mol. The molecule has 3 heterocycles. The summed E-state index contributed by atoms with van der Waals surface area (Å²) in [7, 11) is -3.99. The summed E-state index contributed by atoms with van der Waals surface area (Å²) in [5, 5.41) is 3.24. The zero-order chi connectivity index (χ0) is 24.7. The van der Waals surface area contributed by atoms with Crippen LogP contribution in [0.15, 0.2) is 70.9 Å². The Morgan fingerprint density at radius 1 is 1.06 bits per heavy atom. The van der Waals surface area contributed by atoms with Gasteiger partial charge in [-0.05, 0) is 82.6 Å². The fraction of sp³-hybridized carbons (Fsp3) is 0.240. The summed E-state index contributed by atoms with van der Waals surface area (Å²) in [5.41, 5.74) is 3.58. The standard InChI is InChI=1S/C25H19I2N3O4S/c1-13-2-4-15(5-3-13)35(33,34)30-12-14-6-8-28-20-18(14)22(30)24(32)21-19(20)25(7-9-29-21)10-16(26)23(31)17(27)11-25/h2-5,10-12,29H,6-9H2,1H3. The van der Waals surface area contributed by atoms with Gasteiger partial charge in [-0.3, -0.25) is 14.6 Å². The Bertz CT molecular complexity index is 1570. The number of halogens is 2. The maximum Gasteiger partial charge on any atom is 0.268 e. The number of Topliss-reactive ketones (excluding diaryl/α,β-unsaturated/α-hetero) is 2. The number of fused-ring (bicyclic) bond motifs is 2. The van der Waals surface area contributed by atoms with Crippen LogP contribution in [0.1, 0.15) is 33.6 Å². The summed E-state index contributed by atoms with van der Waals surface area (Å²) in [5.74, 6) is -0.387. The molecule has 0 radical (unpaired) electrons. The third kappa shape index (κ3) is 3.31. The molecule has 6 rings (SSSR count). The van der Waals surface area contributed by atoms with Crippen LogP contribution in [0, 0.1) is 12.3 Å². The van der Waals surface area contributed by atoms with Gasteiger partial charge in [0.25, 0.3) is 10.0 Å². The molecule has 0 atom stereocenters. The molecule has 1 aromatic carbocycles. The lowest BCUT2D eigenvalue weighted by Gasteiger charge is -2.41. The van der Waals surface area contributed by atoms with Crippen molar-refractivity contribution >= 4 is 72.5 Å². The molecule has 2 aliphatic carbocycles. The number of carbonyl (C=O) groups excluding carboxylic acids is 2. The fourth-order valence-corrected chi connectivity index (χ4v) is 8.90. The summed E-state index contributed by atoms with van der Waals surface area (Å²) in [6, 6.07) is 6.62. The van der Waals surface area contributed by atoms with Crippen molar-refractivity contribution in [3.63, 3.8) is 0 Å². The maximum absolute atomic E-state index is 14.0. The third-order valence-corrected chi connectivity index (χ3v) is 10.2. The number of aromatic nitrogens is 1. The van der Waals surface area contributed by atoms with E-state index in [-0.39, 0.29) is 22.2 Å². The van der Waals surface area contributed by atoms with E-state index in [0.29, 0.717) is 50.1 Å². The van der Waals surface area contributed by atoms with Gasteiger partial charge in [0.2, 0.25) is 11.6 Å². The molecule has 0 fully saturated rings. The van der Waals surface area contributed by atoms with Crippen molar-refractivity contribution in [1.29, 1.82) is 0 Å². The highest BCUT2D eigenvalue weighted by atomic mass is 127. The van der Waals surface area contributed by atoms with Gasteiger partial charge in [-0.15, -0.1) is 0 Å². The number of benzene rings is 1. The molecule has 2 aromatic rings. The number of rotatable bonds is 2. The number of aliphatic imine (C=N–C) groups is 1. The molecule has 0 unspecified atom stereocenters. The molecule has 35 heavy (non-hydrogen) atoms. The van der Waals surface area contributed by atoms with Crippen LogP contribution in [0.4, 0.5) is 0 Å². The van der Waals surface area contributed by atoms with E-state index in [2.05, 4.69) is 50.5 Å². The number of hydrogen-bond acceptors (Lipinski definition) is 6. The summed E-state index contributed by atoms with van der Waals surface area (Å²) in [6.45, 7) is 2.90. The number of aryl methyl sites for hydroxylation is 1. The van der Waals surface area contributed by atoms with E-state index < -0.39 is 15.4 Å². The molecule has 178 valence electrons. The number of nitrogens with zero attached hydrogens (tertiary/aromatic N) is 2. The number of hydrogen-bond donors (Lipinski definition) is 1. The molecular formula is C25H19I2N3O4S. The number of ketones is 2. The Balaban J connectivity index is 1.60. The Morgan fingerprint density at radius 2 is 1.74 bits per heavy atom. The average Bonchev–Trinajstić information content (AvgIpc) is 3.23. The lowest BCUT2D eigenvalue weighted by molar-refractivity contribution is -0.110. The minimum atomic E-state index is -3.99. The zero-order valence-corrected chi connectivity index (χ0v) is 23.7. The van der Waals surface area contributed by atoms with Gasteiger partial charge in [0.05, 0.1) is 23.5 Å². The monoisotopic (exact) mass is 711 g/mol. The van der Waals surface area contributed by atoms with Crippen LogP contribution in [0.3, 0.4) is 0 Å². The summed E-state index contributed by atoms with van der Waals surface area (Å²) in [4.78, 5) is 31.5. The van der Waals surface area contributed by atoms with Crippen molar-refractivity contribution in [2.45, 2.75) is 24.7 Å². The van der Waals surface area contributed by atoms with Crippen molar-refractivity contribution in [2.24, 2.45) is 10.4 Å². The SMILES string of the molecule is Cc1ccc(S(=O)(=O)n2cc3c4c2C(=O)C2=C(C4=NCC3)C3(C=C(I)C(=O)C(I)=C3)CCN2)cc1. The van der Waals surface area contributed by atoms with Crippen molar-refractivity contribution in [3.05, 3.63) is 83.4 Å². The van der Waals surface area contributed by atoms with Gasteiger partial charge >= 0.3 is 0 Å². The van der Waals surface area contributed by atoms with Crippen molar-refractivity contribution in [1.82, 2.24) is 9.29 Å². The Labute approximate surface area is 229 Å². The molecule has 7 nitrogen and oxygen atoms in total. The second kappa shape index (κ2) is 7.97. The minimum Gasteiger partial charge on any atom is -0.381 e. The van der Waals surface area contributed by atoms with Crippen molar-refractivity contribution in [3.8, 4) is 0 Å². The molecular weight excluding hydrogens is 692 g/mol. The number of carbonyl (C=O) groups is 2. The first-order valence-electron chi connectivity index (χ1n) is 11.1. The van der Waals surface area contributed by atoms with E-state index >= 15 is 0 Å². The maximum atomic E-state index is 14.0. The van der Waals surface area contributed by atoms with E-state index in [0.717, 1.165) is 20.7 Å². The van der Waals surface area contributed by atoms with E-state index in [1.165, 1.54) is 0 Å². The highest BCUT2D eigenvalue weighted by Gasteiger charge is 2.49. The van der Waals surface area contributed by atoms with Gasteiger partial charge in [-0.1, -0.05) is 29.8 Å². The normalized spacial score (nSPS) is 20.6. The van der Waals surface area contributed by atoms with Crippen LogP contribution in [-0.2, 0) is 21.2 Å². The zero-order valence-electron chi connectivity index (χ0n) is 18.6. The molecule has 0 amide bonds. The van der Waals surface area contributed by atoms with Gasteiger partial charge in [0.1, 0.15) is 5.69 Å².